The zero-order valence-corrected chi connectivity index (χ0v) is 12.8. The number of aromatic nitrogens is 2. The lowest BCUT2D eigenvalue weighted by atomic mass is 10.1. The minimum absolute atomic E-state index is 0.665. The van der Waals surface area contributed by atoms with Crippen molar-refractivity contribution in [2.45, 2.75) is 47.0 Å². The molecule has 0 aliphatic carbocycles. The lowest BCUT2D eigenvalue weighted by Crippen LogP contribution is -2.09. The normalized spacial score (nSPS) is 10.8. The SMILES string of the molecule is CCCNc1nc(-c2ccc(CC)o2)nc(C)c1CC. The molecule has 2 aromatic heterocycles. The fourth-order valence-corrected chi connectivity index (χ4v) is 2.21. The number of aryl methyl sites for hydroxylation is 2. The predicted octanol–water partition coefficient (Wildman–Crippen LogP) is 3.99. The molecule has 1 N–H and O–H groups in total. The first-order chi connectivity index (χ1) is 9.69. The zero-order valence-electron chi connectivity index (χ0n) is 12.8. The summed E-state index contributed by atoms with van der Waals surface area (Å²) < 4.78 is 5.75. The van der Waals surface area contributed by atoms with E-state index < -0.39 is 0 Å². The summed E-state index contributed by atoms with van der Waals surface area (Å²) in [4.78, 5) is 9.23. The van der Waals surface area contributed by atoms with Gasteiger partial charge in [0.05, 0.1) is 0 Å². The third-order valence-electron chi connectivity index (χ3n) is 3.34. The van der Waals surface area contributed by atoms with E-state index in [4.69, 9.17) is 4.42 Å². The van der Waals surface area contributed by atoms with E-state index in [1.807, 2.05) is 19.1 Å². The van der Waals surface area contributed by atoms with Gasteiger partial charge in [-0.05, 0) is 31.9 Å². The summed E-state index contributed by atoms with van der Waals surface area (Å²) in [5.41, 5.74) is 2.20. The third kappa shape index (κ3) is 3.00. The zero-order chi connectivity index (χ0) is 14.5. The van der Waals surface area contributed by atoms with E-state index in [1.54, 1.807) is 0 Å². The Hall–Kier alpha value is -1.84. The highest BCUT2D eigenvalue weighted by atomic mass is 16.3. The van der Waals surface area contributed by atoms with Crippen molar-refractivity contribution in [2.24, 2.45) is 0 Å². The van der Waals surface area contributed by atoms with Crippen molar-refractivity contribution in [1.29, 1.82) is 0 Å². The van der Waals surface area contributed by atoms with Gasteiger partial charge in [0.1, 0.15) is 11.6 Å². The molecule has 2 aromatic rings. The van der Waals surface area contributed by atoms with Gasteiger partial charge >= 0.3 is 0 Å². The van der Waals surface area contributed by atoms with E-state index in [0.717, 1.165) is 48.8 Å². The standard InChI is InChI=1S/C16H23N3O/c1-5-10-17-15-13(7-3)11(4)18-16(19-15)14-9-8-12(6-2)20-14/h8-9H,5-7,10H2,1-4H3,(H,17,18,19). The smallest absolute Gasteiger partial charge is 0.197 e. The summed E-state index contributed by atoms with van der Waals surface area (Å²) in [7, 11) is 0. The first kappa shape index (κ1) is 14.6. The first-order valence-electron chi connectivity index (χ1n) is 7.40. The lowest BCUT2D eigenvalue weighted by molar-refractivity contribution is 0.525. The maximum Gasteiger partial charge on any atom is 0.197 e. The molecular weight excluding hydrogens is 250 g/mol. The van der Waals surface area contributed by atoms with E-state index in [2.05, 4.69) is 36.1 Å². The molecule has 0 spiro atoms. The third-order valence-corrected chi connectivity index (χ3v) is 3.34. The molecule has 0 radical (unpaired) electrons. The van der Waals surface area contributed by atoms with Gasteiger partial charge in [0, 0.05) is 24.2 Å². The lowest BCUT2D eigenvalue weighted by Gasteiger charge is -2.12. The van der Waals surface area contributed by atoms with Crippen LogP contribution in [0.5, 0.6) is 0 Å². The maximum absolute atomic E-state index is 5.75. The summed E-state index contributed by atoms with van der Waals surface area (Å²) >= 11 is 0. The Morgan fingerprint density at radius 1 is 1.10 bits per heavy atom. The van der Waals surface area contributed by atoms with Crippen molar-refractivity contribution in [3.63, 3.8) is 0 Å². The molecule has 108 valence electrons. The largest absolute Gasteiger partial charge is 0.458 e. The molecule has 4 heteroatoms. The van der Waals surface area contributed by atoms with Crippen LogP contribution in [0.2, 0.25) is 0 Å². The van der Waals surface area contributed by atoms with Crippen molar-refractivity contribution >= 4 is 5.82 Å². The average Bonchev–Trinajstić information content (AvgIpc) is 2.93. The van der Waals surface area contributed by atoms with Crippen LogP contribution in [0.25, 0.3) is 11.6 Å². The van der Waals surface area contributed by atoms with Gasteiger partial charge in [0.25, 0.3) is 0 Å². The monoisotopic (exact) mass is 273 g/mol. The van der Waals surface area contributed by atoms with Crippen molar-refractivity contribution in [3.8, 4) is 11.6 Å². The van der Waals surface area contributed by atoms with Gasteiger partial charge in [-0.1, -0.05) is 20.8 Å². The summed E-state index contributed by atoms with van der Waals surface area (Å²) in [6.07, 6.45) is 2.88. The Bertz CT molecular complexity index is 575. The number of rotatable bonds is 6. The molecule has 0 amide bonds. The molecule has 20 heavy (non-hydrogen) atoms. The number of nitrogens with zero attached hydrogens (tertiary/aromatic N) is 2. The van der Waals surface area contributed by atoms with Crippen LogP contribution in [-0.2, 0) is 12.8 Å². The summed E-state index contributed by atoms with van der Waals surface area (Å²) in [6.45, 7) is 9.30. The predicted molar refractivity (Wildman–Crippen MR) is 82.0 cm³/mol. The van der Waals surface area contributed by atoms with Crippen LogP contribution in [-0.4, -0.2) is 16.5 Å². The van der Waals surface area contributed by atoms with Gasteiger partial charge in [0.15, 0.2) is 11.6 Å². The number of anilines is 1. The second kappa shape index (κ2) is 6.55. The fourth-order valence-electron chi connectivity index (χ4n) is 2.21. The van der Waals surface area contributed by atoms with Crippen LogP contribution in [0.15, 0.2) is 16.5 Å². The number of nitrogens with one attached hydrogen (secondary N) is 1. The van der Waals surface area contributed by atoms with E-state index in [9.17, 15) is 0 Å². The van der Waals surface area contributed by atoms with Crippen LogP contribution in [0.4, 0.5) is 5.82 Å². The summed E-state index contributed by atoms with van der Waals surface area (Å²) in [5, 5.41) is 3.39. The minimum atomic E-state index is 0.665. The second-order valence-corrected chi connectivity index (χ2v) is 4.86. The average molecular weight is 273 g/mol. The fraction of sp³-hybridized carbons (Fsp3) is 0.500. The molecule has 0 saturated carbocycles. The molecule has 0 fully saturated rings. The minimum Gasteiger partial charge on any atom is -0.458 e. The van der Waals surface area contributed by atoms with Crippen LogP contribution >= 0.6 is 0 Å². The topological polar surface area (TPSA) is 51.0 Å². The molecule has 0 aromatic carbocycles. The van der Waals surface area contributed by atoms with Gasteiger partial charge in [-0.15, -0.1) is 0 Å². The van der Waals surface area contributed by atoms with E-state index in [1.165, 1.54) is 5.56 Å². The molecule has 0 unspecified atom stereocenters. The van der Waals surface area contributed by atoms with Crippen molar-refractivity contribution in [3.05, 3.63) is 29.2 Å². The number of furan rings is 1. The molecular formula is C16H23N3O. The molecule has 0 aliphatic rings. The Labute approximate surface area is 120 Å². The highest BCUT2D eigenvalue weighted by Crippen LogP contribution is 2.24. The van der Waals surface area contributed by atoms with E-state index >= 15 is 0 Å². The van der Waals surface area contributed by atoms with Gasteiger partial charge in [-0.25, -0.2) is 9.97 Å². The Morgan fingerprint density at radius 3 is 2.50 bits per heavy atom. The van der Waals surface area contributed by atoms with Gasteiger partial charge in [0.2, 0.25) is 0 Å². The van der Waals surface area contributed by atoms with Crippen LogP contribution in [0, 0.1) is 6.92 Å². The molecule has 0 bridgehead atoms. The maximum atomic E-state index is 5.75. The number of hydrogen-bond donors (Lipinski definition) is 1. The second-order valence-electron chi connectivity index (χ2n) is 4.86. The quantitative estimate of drug-likeness (QED) is 0.864. The summed E-state index contributed by atoms with van der Waals surface area (Å²) in [5.74, 6) is 3.31. The molecule has 0 atom stereocenters. The molecule has 2 rings (SSSR count). The Balaban J connectivity index is 2.41. The van der Waals surface area contributed by atoms with Crippen molar-refractivity contribution < 1.29 is 4.42 Å². The molecule has 4 nitrogen and oxygen atoms in total. The first-order valence-corrected chi connectivity index (χ1v) is 7.40. The molecule has 0 saturated heterocycles. The van der Waals surface area contributed by atoms with Crippen LogP contribution in [0.3, 0.4) is 0 Å². The highest BCUT2D eigenvalue weighted by molar-refractivity contribution is 5.55. The van der Waals surface area contributed by atoms with Gasteiger partial charge < -0.3 is 9.73 Å². The highest BCUT2D eigenvalue weighted by Gasteiger charge is 2.13. The van der Waals surface area contributed by atoms with Crippen LogP contribution < -0.4 is 5.32 Å². The van der Waals surface area contributed by atoms with Crippen molar-refractivity contribution in [2.75, 3.05) is 11.9 Å². The molecule has 0 aliphatic heterocycles. The summed E-state index contributed by atoms with van der Waals surface area (Å²) in [6, 6.07) is 3.93. The van der Waals surface area contributed by atoms with E-state index in [0.29, 0.717) is 5.82 Å². The van der Waals surface area contributed by atoms with Crippen LogP contribution in [0.1, 0.15) is 44.2 Å². The van der Waals surface area contributed by atoms with E-state index in [-0.39, 0.29) is 0 Å². The van der Waals surface area contributed by atoms with Gasteiger partial charge in [-0.3, -0.25) is 0 Å². The number of hydrogen-bond acceptors (Lipinski definition) is 4. The van der Waals surface area contributed by atoms with Gasteiger partial charge in [-0.2, -0.15) is 0 Å². The van der Waals surface area contributed by atoms with Crippen molar-refractivity contribution in [1.82, 2.24) is 9.97 Å². The molecule has 2 heterocycles. The Kier molecular flexibility index (Phi) is 4.77. The Morgan fingerprint density at radius 2 is 1.90 bits per heavy atom.